The Labute approximate surface area is 163 Å². The molecule has 2 aromatic carbocycles. The number of para-hydroxylation sites is 2. The molecule has 2 rings (SSSR count). The minimum absolute atomic E-state index is 0.268. The lowest BCUT2D eigenvalue weighted by molar-refractivity contribution is -0.126. The quantitative estimate of drug-likeness (QED) is 0.544. The predicted octanol–water partition coefficient (Wildman–Crippen LogP) is 4.43. The molecule has 0 fully saturated rings. The van der Waals surface area contributed by atoms with Crippen LogP contribution >= 0.6 is 11.6 Å². The van der Waals surface area contributed by atoms with Crippen LogP contribution in [0.15, 0.2) is 53.7 Å². The number of oxime groups is 1. The van der Waals surface area contributed by atoms with Gasteiger partial charge in [0.1, 0.15) is 6.21 Å². The van der Waals surface area contributed by atoms with Crippen LogP contribution in [0.1, 0.15) is 32.3 Å². The Bertz CT molecular complexity index is 837. The van der Waals surface area contributed by atoms with E-state index in [1.165, 1.54) is 0 Å². The first-order valence-corrected chi connectivity index (χ1v) is 8.90. The largest absolute Gasteiger partial charge is 0.383 e. The summed E-state index contributed by atoms with van der Waals surface area (Å²) in [6.45, 7) is 5.65. The van der Waals surface area contributed by atoms with Crippen LogP contribution < -0.4 is 10.6 Å². The van der Waals surface area contributed by atoms with Gasteiger partial charge < -0.3 is 15.5 Å². The highest BCUT2D eigenvalue weighted by Crippen LogP contribution is 2.24. The van der Waals surface area contributed by atoms with E-state index in [9.17, 15) is 9.59 Å². The van der Waals surface area contributed by atoms with Gasteiger partial charge in [0, 0.05) is 5.69 Å². The minimum atomic E-state index is -0.866. The van der Waals surface area contributed by atoms with E-state index in [0.29, 0.717) is 10.7 Å². The fourth-order valence-electron chi connectivity index (χ4n) is 2.29. The number of carbonyl (C=O) groups excluding carboxylic acids is 2. The lowest BCUT2D eigenvalue weighted by atomic mass is 10.0. The fourth-order valence-corrected chi connectivity index (χ4v) is 2.48. The van der Waals surface area contributed by atoms with E-state index >= 15 is 0 Å². The Morgan fingerprint density at radius 3 is 2.30 bits per heavy atom. The highest BCUT2D eigenvalue weighted by atomic mass is 35.5. The Balaban J connectivity index is 1.88. The maximum Gasteiger partial charge on any atom is 0.270 e. The first kappa shape index (κ1) is 20.5. The number of hydrogen-bond acceptors (Lipinski definition) is 4. The Hall–Kier alpha value is -2.86. The Morgan fingerprint density at radius 1 is 1.00 bits per heavy atom. The maximum atomic E-state index is 12.3. The van der Waals surface area contributed by atoms with Crippen LogP contribution in [0.2, 0.25) is 5.02 Å². The zero-order valence-electron chi connectivity index (χ0n) is 15.4. The normalized spacial score (nSPS) is 12.0. The molecule has 0 aliphatic rings. The SMILES string of the molecule is CC(O/N=C/C(=O)Nc1ccccc1Cl)C(=O)Nc1ccccc1C(C)C. The number of nitrogens with zero attached hydrogens (tertiary/aromatic N) is 1. The molecule has 1 unspecified atom stereocenters. The van der Waals surface area contributed by atoms with Crippen LogP contribution in [-0.4, -0.2) is 24.1 Å². The average molecular weight is 388 g/mol. The van der Waals surface area contributed by atoms with E-state index in [0.717, 1.165) is 17.5 Å². The molecule has 27 heavy (non-hydrogen) atoms. The molecule has 0 aliphatic heterocycles. The Kier molecular flexibility index (Phi) is 7.37. The smallest absolute Gasteiger partial charge is 0.270 e. The highest BCUT2D eigenvalue weighted by molar-refractivity contribution is 6.36. The van der Waals surface area contributed by atoms with Crippen molar-refractivity contribution in [1.82, 2.24) is 0 Å². The lowest BCUT2D eigenvalue weighted by Gasteiger charge is -2.15. The molecule has 0 heterocycles. The van der Waals surface area contributed by atoms with E-state index < -0.39 is 12.0 Å². The molecule has 2 N–H and O–H groups in total. The Morgan fingerprint density at radius 2 is 1.63 bits per heavy atom. The molecule has 142 valence electrons. The number of amides is 2. The van der Waals surface area contributed by atoms with Crippen LogP contribution in [0.5, 0.6) is 0 Å². The molecule has 0 radical (unpaired) electrons. The lowest BCUT2D eigenvalue weighted by Crippen LogP contribution is -2.27. The summed E-state index contributed by atoms with van der Waals surface area (Å²) in [6.07, 6.45) is 0.0874. The van der Waals surface area contributed by atoms with Crippen molar-refractivity contribution in [2.45, 2.75) is 32.8 Å². The van der Waals surface area contributed by atoms with Crippen molar-refractivity contribution in [3.8, 4) is 0 Å². The van der Waals surface area contributed by atoms with Crippen LogP contribution in [0.25, 0.3) is 0 Å². The predicted molar refractivity (Wildman–Crippen MR) is 108 cm³/mol. The van der Waals surface area contributed by atoms with Gasteiger partial charge in [-0.2, -0.15) is 0 Å². The summed E-state index contributed by atoms with van der Waals surface area (Å²) in [4.78, 5) is 29.2. The standard InChI is InChI=1S/C20H22ClN3O3/c1-13(2)15-8-4-6-10-17(15)24-20(26)14(3)27-22-12-19(25)23-18-11-7-5-9-16(18)21/h4-14H,1-3H3,(H,23,25)(H,24,26)/b22-12+. The van der Waals surface area contributed by atoms with E-state index in [4.69, 9.17) is 16.4 Å². The minimum Gasteiger partial charge on any atom is -0.383 e. The molecule has 0 aliphatic carbocycles. The van der Waals surface area contributed by atoms with Crippen LogP contribution in [0.3, 0.4) is 0 Å². The molecule has 1 atom stereocenters. The number of anilines is 2. The van der Waals surface area contributed by atoms with Crippen molar-refractivity contribution in [1.29, 1.82) is 0 Å². The van der Waals surface area contributed by atoms with Crippen LogP contribution in [-0.2, 0) is 14.4 Å². The number of benzene rings is 2. The monoisotopic (exact) mass is 387 g/mol. The van der Waals surface area contributed by atoms with E-state index in [1.54, 1.807) is 31.2 Å². The van der Waals surface area contributed by atoms with Gasteiger partial charge in [-0.15, -0.1) is 0 Å². The molecule has 0 bridgehead atoms. The zero-order chi connectivity index (χ0) is 19.8. The van der Waals surface area contributed by atoms with Gasteiger partial charge in [-0.3, -0.25) is 9.59 Å². The molecule has 0 aromatic heterocycles. The van der Waals surface area contributed by atoms with Crippen molar-refractivity contribution >= 4 is 41.0 Å². The van der Waals surface area contributed by atoms with Crippen molar-refractivity contribution in [2.24, 2.45) is 5.16 Å². The van der Waals surface area contributed by atoms with Gasteiger partial charge in [0.05, 0.1) is 10.7 Å². The maximum absolute atomic E-state index is 12.3. The second-order valence-electron chi connectivity index (χ2n) is 6.18. The van der Waals surface area contributed by atoms with E-state index in [2.05, 4.69) is 15.8 Å². The topological polar surface area (TPSA) is 79.8 Å². The van der Waals surface area contributed by atoms with Gasteiger partial charge in [-0.1, -0.05) is 60.9 Å². The van der Waals surface area contributed by atoms with Crippen molar-refractivity contribution in [3.63, 3.8) is 0 Å². The number of carbonyl (C=O) groups is 2. The van der Waals surface area contributed by atoms with Gasteiger partial charge in [-0.05, 0) is 36.6 Å². The number of rotatable bonds is 7. The number of halogens is 1. The van der Waals surface area contributed by atoms with Crippen molar-refractivity contribution < 1.29 is 14.4 Å². The number of hydrogen-bond donors (Lipinski definition) is 2. The van der Waals surface area contributed by atoms with Crippen LogP contribution in [0.4, 0.5) is 11.4 Å². The van der Waals surface area contributed by atoms with Gasteiger partial charge in [0.2, 0.25) is 6.10 Å². The average Bonchev–Trinajstić information content (AvgIpc) is 2.63. The third-order valence-corrected chi connectivity index (χ3v) is 4.06. The molecule has 7 heteroatoms. The molecule has 0 spiro atoms. The van der Waals surface area contributed by atoms with Gasteiger partial charge in [0.25, 0.3) is 11.8 Å². The molecule has 2 amide bonds. The summed E-state index contributed by atoms with van der Waals surface area (Å²) in [5.74, 6) is -0.600. The van der Waals surface area contributed by atoms with Gasteiger partial charge in [0.15, 0.2) is 0 Å². The number of nitrogens with one attached hydrogen (secondary N) is 2. The molecule has 6 nitrogen and oxygen atoms in total. The molecular formula is C20H22ClN3O3. The van der Waals surface area contributed by atoms with E-state index in [1.807, 2.05) is 38.1 Å². The molecule has 2 aromatic rings. The summed E-state index contributed by atoms with van der Waals surface area (Å²) < 4.78 is 0. The van der Waals surface area contributed by atoms with Crippen molar-refractivity contribution in [2.75, 3.05) is 10.6 Å². The zero-order valence-corrected chi connectivity index (χ0v) is 16.2. The molecule has 0 saturated heterocycles. The summed E-state index contributed by atoms with van der Waals surface area (Å²) >= 11 is 5.96. The third kappa shape index (κ3) is 6.11. The summed E-state index contributed by atoms with van der Waals surface area (Å²) in [5, 5.41) is 9.38. The molecular weight excluding hydrogens is 366 g/mol. The van der Waals surface area contributed by atoms with Gasteiger partial charge >= 0.3 is 0 Å². The van der Waals surface area contributed by atoms with Gasteiger partial charge in [-0.25, -0.2) is 0 Å². The first-order valence-electron chi connectivity index (χ1n) is 8.53. The second-order valence-corrected chi connectivity index (χ2v) is 6.59. The fraction of sp³-hybridized carbons (Fsp3) is 0.250. The highest BCUT2D eigenvalue weighted by Gasteiger charge is 2.16. The van der Waals surface area contributed by atoms with Crippen LogP contribution in [0, 0.1) is 0 Å². The first-order chi connectivity index (χ1) is 12.9. The van der Waals surface area contributed by atoms with Crippen molar-refractivity contribution in [3.05, 3.63) is 59.1 Å². The summed E-state index contributed by atoms with van der Waals surface area (Å²) in [5.41, 5.74) is 2.22. The summed E-state index contributed by atoms with van der Waals surface area (Å²) in [7, 11) is 0. The van der Waals surface area contributed by atoms with E-state index in [-0.39, 0.29) is 11.8 Å². The third-order valence-electron chi connectivity index (χ3n) is 3.73. The molecule has 0 saturated carbocycles. The summed E-state index contributed by atoms with van der Waals surface area (Å²) in [6, 6.07) is 14.4. The second kappa shape index (κ2) is 9.73.